The summed E-state index contributed by atoms with van der Waals surface area (Å²) in [6.45, 7) is 4.10. The number of nitrogens with zero attached hydrogens (tertiary/aromatic N) is 3. The first-order chi connectivity index (χ1) is 10.5. The van der Waals surface area contributed by atoms with Crippen molar-refractivity contribution in [1.82, 2.24) is 5.16 Å². The molecular formula is C15H15N3O4. The molecule has 0 radical (unpaired) electrons. The molecule has 0 N–H and O–H groups in total. The normalized spacial score (nSPS) is 13.3. The van der Waals surface area contributed by atoms with Crippen molar-refractivity contribution < 1.29 is 14.2 Å². The third kappa shape index (κ3) is 2.34. The van der Waals surface area contributed by atoms with Crippen molar-refractivity contribution in [3.05, 3.63) is 50.9 Å². The highest BCUT2D eigenvalue weighted by molar-refractivity contribution is 5.97. The third-order valence-corrected chi connectivity index (χ3v) is 3.99. The van der Waals surface area contributed by atoms with Crippen LogP contribution in [-0.2, 0) is 17.6 Å². The van der Waals surface area contributed by atoms with Crippen molar-refractivity contribution in [1.29, 1.82) is 0 Å². The Kier molecular flexibility index (Phi) is 3.40. The third-order valence-electron chi connectivity index (χ3n) is 3.99. The van der Waals surface area contributed by atoms with Crippen LogP contribution in [0.2, 0.25) is 0 Å². The first-order valence-electron chi connectivity index (χ1n) is 6.97. The van der Waals surface area contributed by atoms with E-state index < -0.39 is 4.92 Å². The number of fused-ring (bicyclic) bond motifs is 1. The molecule has 1 aliphatic heterocycles. The smallest absolute Gasteiger partial charge is 0.271 e. The minimum absolute atomic E-state index is 0.00390. The molecule has 0 saturated carbocycles. The predicted octanol–water partition coefficient (Wildman–Crippen LogP) is 2.33. The van der Waals surface area contributed by atoms with Crippen LogP contribution in [0.3, 0.4) is 0 Å². The molecule has 0 bridgehead atoms. The fourth-order valence-corrected chi connectivity index (χ4v) is 2.74. The molecule has 1 aromatic carbocycles. The van der Waals surface area contributed by atoms with E-state index in [2.05, 4.69) is 5.16 Å². The minimum atomic E-state index is -0.449. The molecule has 2 aromatic rings. The number of hydrogen-bond donors (Lipinski definition) is 0. The molecule has 0 spiro atoms. The van der Waals surface area contributed by atoms with Gasteiger partial charge in [-0.05, 0) is 25.8 Å². The molecule has 114 valence electrons. The van der Waals surface area contributed by atoms with Crippen LogP contribution in [0.25, 0.3) is 0 Å². The molecule has 0 aliphatic carbocycles. The first-order valence-corrected chi connectivity index (χ1v) is 6.97. The van der Waals surface area contributed by atoms with E-state index in [-0.39, 0.29) is 18.0 Å². The summed E-state index contributed by atoms with van der Waals surface area (Å²) in [5.41, 5.74) is 3.06. The second kappa shape index (κ2) is 5.25. The van der Waals surface area contributed by atoms with Crippen molar-refractivity contribution in [2.45, 2.75) is 26.7 Å². The number of aromatic nitrogens is 1. The second-order valence-corrected chi connectivity index (χ2v) is 5.35. The lowest BCUT2D eigenvalue weighted by Crippen LogP contribution is -2.30. The molecule has 7 heteroatoms. The fraction of sp³-hybridized carbons (Fsp3) is 0.333. The standard InChI is InChI=1S/C15H15N3O4/c1-9-13(10(2)22-16-9)8-15(19)17-6-5-11-3-4-12(18(20)21)7-14(11)17/h3-4,7H,5-6,8H2,1-2H3. The van der Waals surface area contributed by atoms with Gasteiger partial charge in [-0.3, -0.25) is 14.9 Å². The molecule has 0 unspecified atom stereocenters. The molecule has 0 atom stereocenters. The van der Waals surface area contributed by atoms with Gasteiger partial charge in [0.05, 0.1) is 22.7 Å². The lowest BCUT2D eigenvalue weighted by molar-refractivity contribution is -0.384. The Hall–Kier alpha value is -2.70. The van der Waals surface area contributed by atoms with E-state index in [0.717, 1.165) is 11.1 Å². The Balaban J connectivity index is 1.87. The quantitative estimate of drug-likeness (QED) is 0.641. The van der Waals surface area contributed by atoms with Gasteiger partial charge >= 0.3 is 0 Å². The van der Waals surface area contributed by atoms with E-state index in [9.17, 15) is 14.9 Å². The summed E-state index contributed by atoms with van der Waals surface area (Å²) in [5.74, 6) is 0.526. The molecule has 22 heavy (non-hydrogen) atoms. The van der Waals surface area contributed by atoms with E-state index >= 15 is 0 Å². The summed E-state index contributed by atoms with van der Waals surface area (Å²) in [5, 5.41) is 14.7. The average molecular weight is 301 g/mol. The molecule has 0 saturated heterocycles. The molecule has 1 aliphatic rings. The molecule has 0 fully saturated rings. The number of benzene rings is 1. The van der Waals surface area contributed by atoms with E-state index in [1.807, 2.05) is 0 Å². The van der Waals surface area contributed by atoms with E-state index in [1.54, 1.807) is 24.8 Å². The molecule has 3 rings (SSSR count). The number of carbonyl (C=O) groups excluding carboxylic acids is 1. The number of amides is 1. The summed E-state index contributed by atoms with van der Waals surface area (Å²) in [7, 11) is 0. The van der Waals surface area contributed by atoms with Crippen LogP contribution in [0.15, 0.2) is 22.7 Å². The van der Waals surface area contributed by atoms with E-state index in [0.29, 0.717) is 30.1 Å². The Morgan fingerprint density at radius 1 is 1.45 bits per heavy atom. The second-order valence-electron chi connectivity index (χ2n) is 5.35. The molecule has 2 heterocycles. The monoisotopic (exact) mass is 301 g/mol. The first kappa shape index (κ1) is 14.2. The van der Waals surface area contributed by atoms with Crippen molar-refractivity contribution in [3.8, 4) is 0 Å². The number of nitro benzene ring substituents is 1. The fourth-order valence-electron chi connectivity index (χ4n) is 2.74. The zero-order valence-electron chi connectivity index (χ0n) is 12.3. The topological polar surface area (TPSA) is 89.5 Å². The highest BCUT2D eigenvalue weighted by Crippen LogP contribution is 2.32. The maximum atomic E-state index is 12.5. The van der Waals surface area contributed by atoms with Gasteiger partial charge in [-0.15, -0.1) is 0 Å². The van der Waals surface area contributed by atoms with Gasteiger partial charge in [0.1, 0.15) is 5.76 Å². The van der Waals surface area contributed by atoms with Crippen molar-refractivity contribution in [2.75, 3.05) is 11.4 Å². The summed E-state index contributed by atoms with van der Waals surface area (Å²) in [6, 6.07) is 4.66. The maximum absolute atomic E-state index is 12.5. The van der Waals surface area contributed by atoms with Crippen LogP contribution in [0.5, 0.6) is 0 Å². The number of non-ortho nitro benzene ring substituents is 1. The number of nitro groups is 1. The SMILES string of the molecule is Cc1noc(C)c1CC(=O)N1CCc2ccc([N+](=O)[O-])cc21. The van der Waals surface area contributed by atoms with Crippen molar-refractivity contribution >= 4 is 17.3 Å². The van der Waals surface area contributed by atoms with Gasteiger partial charge in [-0.25, -0.2) is 0 Å². The summed E-state index contributed by atoms with van der Waals surface area (Å²) < 4.78 is 5.07. The maximum Gasteiger partial charge on any atom is 0.271 e. The summed E-state index contributed by atoms with van der Waals surface area (Å²) in [4.78, 5) is 24.6. The number of carbonyl (C=O) groups is 1. The largest absolute Gasteiger partial charge is 0.361 e. The Morgan fingerprint density at radius 2 is 2.23 bits per heavy atom. The van der Waals surface area contributed by atoms with Gasteiger partial charge in [0.25, 0.3) is 5.69 Å². The number of rotatable bonds is 3. The van der Waals surface area contributed by atoms with Gasteiger partial charge in [-0.2, -0.15) is 0 Å². The number of hydrogen-bond acceptors (Lipinski definition) is 5. The zero-order valence-corrected chi connectivity index (χ0v) is 12.3. The van der Waals surface area contributed by atoms with Crippen LogP contribution >= 0.6 is 0 Å². The molecule has 1 amide bonds. The van der Waals surface area contributed by atoms with Crippen molar-refractivity contribution in [2.24, 2.45) is 0 Å². The Labute approximate surface area is 126 Å². The molecule has 1 aromatic heterocycles. The highest BCUT2D eigenvalue weighted by atomic mass is 16.6. The van der Waals surface area contributed by atoms with Gasteiger partial charge in [0.2, 0.25) is 5.91 Å². The number of aryl methyl sites for hydroxylation is 2. The van der Waals surface area contributed by atoms with Gasteiger partial charge < -0.3 is 9.42 Å². The molecular weight excluding hydrogens is 286 g/mol. The summed E-state index contributed by atoms with van der Waals surface area (Å²) in [6.07, 6.45) is 0.893. The van der Waals surface area contributed by atoms with Gasteiger partial charge in [0.15, 0.2) is 0 Å². The Bertz CT molecular complexity index is 747. The highest BCUT2D eigenvalue weighted by Gasteiger charge is 2.27. The summed E-state index contributed by atoms with van der Waals surface area (Å²) >= 11 is 0. The van der Waals surface area contributed by atoms with Crippen LogP contribution in [0.4, 0.5) is 11.4 Å². The van der Waals surface area contributed by atoms with E-state index in [1.165, 1.54) is 12.1 Å². The van der Waals surface area contributed by atoms with Crippen LogP contribution < -0.4 is 4.90 Å². The van der Waals surface area contributed by atoms with Crippen LogP contribution in [0.1, 0.15) is 22.6 Å². The van der Waals surface area contributed by atoms with Crippen molar-refractivity contribution in [3.63, 3.8) is 0 Å². The molecule has 7 nitrogen and oxygen atoms in total. The average Bonchev–Trinajstić information content (AvgIpc) is 3.04. The van der Waals surface area contributed by atoms with Crippen LogP contribution in [-0.4, -0.2) is 22.5 Å². The van der Waals surface area contributed by atoms with Crippen LogP contribution in [0, 0.1) is 24.0 Å². The lowest BCUT2D eigenvalue weighted by atomic mass is 10.1. The minimum Gasteiger partial charge on any atom is -0.361 e. The zero-order chi connectivity index (χ0) is 15.9. The Morgan fingerprint density at radius 3 is 2.86 bits per heavy atom. The van der Waals surface area contributed by atoms with E-state index in [4.69, 9.17) is 4.52 Å². The van der Waals surface area contributed by atoms with Gasteiger partial charge in [0, 0.05) is 24.2 Å². The van der Waals surface area contributed by atoms with Gasteiger partial charge in [-0.1, -0.05) is 11.2 Å². The lowest BCUT2D eigenvalue weighted by Gasteiger charge is -2.17. The predicted molar refractivity (Wildman–Crippen MR) is 78.8 cm³/mol. The number of anilines is 1.